The molecule has 0 radical (unpaired) electrons. The lowest BCUT2D eigenvalue weighted by atomic mass is 9.69. The zero-order chi connectivity index (χ0) is 39.5. The molecule has 1 spiro atoms. The molecule has 6 aliphatic rings. The maximum atomic E-state index is 5.76. The fourth-order valence-electron chi connectivity index (χ4n) is 12.4. The van der Waals surface area contributed by atoms with E-state index in [1.165, 1.54) is 83.1 Å². The van der Waals surface area contributed by atoms with E-state index in [0.29, 0.717) is 17.8 Å². The number of nitrogens with zero attached hydrogens (tertiary/aromatic N) is 1. The Morgan fingerprint density at radius 2 is 1.23 bits per heavy atom. The van der Waals surface area contributed by atoms with Crippen molar-refractivity contribution in [2.24, 2.45) is 16.8 Å². The number of rotatable bonds is 3. The minimum atomic E-state index is -0.400. The molecular weight excluding hydrogens is 723 g/mol. The first-order valence-electron chi connectivity index (χ1n) is 22.1. The van der Waals surface area contributed by atoms with Crippen LogP contribution in [0.2, 0.25) is 0 Å². The maximum Gasteiger partial charge on any atom is 0.0782 e. The van der Waals surface area contributed by atoms with Gasteiger partial charge in [-0.2, -0.15) is 0 Å². The van der Waals surface area contributed by atoms with Gasteiger partial charge >= 0.3 is 0 Å². The van der Waals surface area contributed by atoms with Gasteiger partial charge in [0, 0.05) is 17.1 Å². The Balaban J connectivity index is 1.01. The van der Waals surface area contributed by atoms with Gasteiger partial charge in [0.15, 0.2) is 0 Å². The van der Waals surface area contributed by atoms with Crippen LogP contribution in [0.3, 0.4) is 0 Å². The van der Waals surface area contributed by atoms with Crippen molar-refractivity contribution >= 4 is 11.1 Å². The van der Waals surface area contributed by atoms with E-state index in [-0.39, 0.29) is 6.04 Å². The molecule has 7 aromatic rings. The van der Waals surface area contributed by atoms with Gasteiger partial charge in [0.2, 0.25) is 0 Å². The number of fused-ring (bicyclic) bond motifs is 15. The molecule has 13 rings (SSSR count). The number of allylic oxidation sites excluding steroid dienone is 6. The van der Waals surface area contributed by atoms with Crippen molar-refractivity contribution in [2.45, 2.75) is 50.0 Å². The van der Waals surface area contributed by atoms with Gasteiger partial charge in [-0.25, -0.2) is 0 Å². The number of hydrogen-bond acceptors (Lipinski definition) is 1. The highest BCUT2D eigenvalue weighted by Gasteiger charge is 2.54. The average molecular weight is 768 g/mol. The van der Waals surface area contributed by atoms with Crippen LogP contribution in [0.25, 0.3) is 44.5 Å². The van der Waals surface area contributed by atoms with Crippen LogP contribution >= 0.6 is 0 Å². The summed E-state index contributed by atoms with van der Waals surface area (Å²) in [5.74, 6) is 1.17. The third kappa shape index (κ3) is 4.67. The Bertz CT molecular complexity index is 3180. The van der Waals surface area contributed by atoms with Crippen LogP contribution in [0.5, 0.6) is 0 Å². The van der Waals surface area contributed by atoms with Gasteiger partial charge in [0.1, 0.15) is 0 Å². The molecule has 60 heavy (non-hydrogen) atoms. The lowest BCUT2D eigenvalue weighted by molar-refractivity contribution is 0.435. The molecule has 5 unspecified atom stereocenters. The van der Waals surface area contributed by atoms with E-state index in [4.69, 9.17) is 4.99 Å². The monoisotopic (exact) mass is 767 g/mol. The van der Waals surface area contributed by atoms with E-state index in [1.807, 2.05) is 0 Å². The summed E-state index contributed by atoms with van der Waals surface area (Å²) in [6, 6.07) is 57.6. The first kappa shape index (κ1) is 34.3. The first-order valence-corrected chi connectivity index (χ1v) is 22.1. The van der Waals surface area contributed by atoms with E-state index >= 15 is 0 Å². The van der Waals surface area contributed by atoms with Gasteiger partial charge in [-0.3, -0.25) is 4.99 Å². The highest BCUT2D eigenvalue weighted by Crippen LogP contribution is 2.66. The second kappa shape index (κ2) is 13.0. The largest absolute Gasteiger partial charge is 0.276 e. The summed E-state index contributed by atoms with van der Waals surface area (Å²) >= 11 is 0. The molecule has 286 valence electrons. The third-order valence-electron chi connectivity index (χ3n) is 15.0. The normalized spacial score (nSPS) is 24.8. The van der Waals surface area contributed by atoms with Crippen LogP contribution in [0.15, 0.2) is 187 Å². The molecule has 1 aliphatic heterocycles. The van der Waals surface area contributed by atoms with Gasteiger partial charge in [-0.1, -0.05) is 183 Å². The Morgan fingerprint density at radius 1 is 0.550 bits per heavy atom. The minimum Gasteiger partial charge on any atom is -0.276 e. The molecule has 5 aliphatic carbocycles. The highest BCUT2D eigenvalue weighted by atomic mass is 14.8. The van der Waals surface area contributed by atoms with Gasteiger partial charge in [-0.15, -0.1) is 0 Å². The summed E-state index contributed by atoms with van der Waals surface area (Å²) in [6.07, 6.45) is 16.3. The number of benzene rings is 7. The summed E-state index contributed by atoms with van der Waals surface area (Å²) in [7, 11) is 0. The summed E-state index contributed by atoms with van der Waals surface area (Å²) in [5, 5.41) is 2.35. The molecule has 0 saturated carbocycles. The van der Waals surface area contributed by atoms with Gasteiger partial charge in [0.05, 0.1) is 16.8 Å². The summed E-state index contributed by atoms with van der Waals surface area (Å²) < 4.78 is 0. The van der Waals surface area contributed by atoms with E-state index in [9.17, 15) is 0 Å². The molecular formula is C59H45N. The van der Waals surface area contributed by atoms with Crippen molar-refractivity contribution in [1.82, 2.24) is 0 Å². The Morgan fingerprint density at radius 3 is 2.08 bits per heavy atom. The molecule has 1 nitrogen and oxygen atoms in total. The Kier molecular flexibility index (Phi) is 7.41. The molecule has 0 N–H and O–H groups in total. The lowest BCUT2D eigenvalue weighted by Crippen LogP contribution is -2.31. The molecule has 1 heterocycles. The van der Waals surface area contributed by atoms with Crippen LogP contribution in [0.1, 0.15) is 88.2 Å². The predicted octanol–water partition coefficient (Wildman–Crippen LogP) is 12.9. The van der Waals surface area contributed by atoms with Crippen LogP contribution in [0.4, 0.5) is 0 Å². The predicted molar refractivity (Wildman–Crippen MR) is 246 cm³/mol. The molecule has 0 bridgehead atoms. The lowest BCUT2D eigenvalue weighted by Gasteiger charge is -2.32. The zero-order valence-corrected chi connectivity index (χ0v) is 33.9. The topological polar surface area (TPSA) is 12.4 Å². The Labute approximate surface area is 352 Å². The van der Waals surface area contributed by atoms with Crippen molar-refractivity contribution < 1.29 is 0 Å². The van der Waals surface area contributed by atoms with Gasteiger partial charge < -0.3 is 0 Å². The van der Waals surface area contributed by atoms with Crippen molar-refractivity contribution in [3.8, 4) is 33.4 Å². The number of para-hydroxylation sites is 1. The van der Waals surface area contributed by atoms with E-state index in [2.05, 4.69) is 189 Å². The fraction of sp³-hybridized carbons (Fsp3) is 0.169. The molecule has 0 saturated heterocycles. The van der Waals surface area contributed by atoms with Crippen molar-refractivity contribution in [2.75, 3.05) is 0 Å². The SMILES string of the molecule is CC1CC/C(c2ccc(-c3ccccc3)cc2)=c2/cccc/c2=N/C1c1ccc2c(c1)C1(c3ccccc3-2)c2ccccc2-c2c1cc1c3c2CCC=C3C2C=CC=CC12. The fourth-order valence-corrected chi connectivity index (χ4v) is 12.4. The molecule has 1 heteroatoms. The quantitative estimate of drug-likeness (QED) is 0.170. The van der Waals surface area contributed by atoms with Crippen molar-refractivity contribution in [1.29, 1.82) is 0 Å². The van der Waals surface area contributed by atoms with Crippen LogP contribution < -0.4 is 10.6 Å². The van der Waals surface area contributed by atoms with Crippen molar-refractivity contribution in [3.05, 3.63) is 243 Å². The zero-order valence-electron chi connectivity index (χ0n) is 33.9. The van der Waals surface area contributed by atoms with Gasteiger partial charge in [-0.05, 0) is 132 Å². The average Bonchev–Trinajstić information content (AvgIpc) is 3.91. The molecule has 7 aromatic carbocycles. The summed E-state index contributed by atoms with van der Waals surface area (Å²) in [5.41, 5.74) is 23.7. The van der Waals surface area contributed by atoms with Crippen LogP contribution in [-0.2, 0) is 11.8 Å². The van der Waals surface area contributed by atoms with Crippen LogP contribution in [-0.4, -0.2) is 0 Å². The smallest absolute Gasteiger partial charge is 0.0782 e. The highest BCUT2D eigenvalue weighted by molar-refractivity contribution is 5.99. The third-order valence-corrected chi connectivity index (χ3v) is 15.0. The molecule has 0 amide bonds. The van der Waals surface area contributed by atoms with Crippen LogP contribution in [0, 0.1) is 11.8 Å². The number of hydrogen-bond donors (Lipinski definition) is 0. The first-order chi connectivity index (χ1) is 29.7. The maximum absolute atomic E-state index is 5.76. The second-order valence-electron chi connectivity index (χ2n) is 17.9. The van der Waals surface area contributed by atoms with E-state index in [1.54, 1.807) is 16.7 Å². The Hall–Kier alpha value is -6.57. The van der Waals surface area contributed by atoms with E-state index < -0.39 is 5.41 Å². The van der Waals surface area contributed by atoms with E-state index in [0.717, 1.165) is 31.0 Å². The summed E-state index contributed by atoms with van der Waals surface area (Å²) in [4.78, 5) is 5.76. The minimum absolute atomic E-state index is 0.0316. The molecule has 0 aromatic heterocycles. The van der Waals surface area contributed by atoms with Gasteiger partial charge in [0.25, 0.3) is 0 Å². The second-order valence-corrected chi connectivity index (χ2v) is 17.9. The molecule has 0 fully saturated rings. The summed E-state index contributed by atoms with van der Waals surface area (Å²) in [6.45, 7) is 2.43. The van der Waals surface area contributed by atoms with Crippen molar-refractivity contribution in [3.63, 3.8) is 0 Å². The standard InChI is InChI=1S/C59H45N/c1-36-26-32-41(39-29-27-38(28-30-39)37-14-3-2-4-15-37)46-19-9-12-25-55(46)60-58(36)40-31-33-45-44-18-7-10-23-51(44)59(53(45)34-40)52-24-11-8-20-48(52)57-49-22-13-21-47-42-16-5-6-17-43(42)50(56(47)49)35-54(57)59/h2-12,14-21,23-25,27-31,33-36,42-43,58H,13,22,26,32H2,1H3/b46-41+,60-55-. The molecule has 5 atom stereocenters.